The summed E-state index contributed by atoms with van der Waals surface area (Å²) in [6, 6.07) is 0. The second kappa shape index (κ2) is 11.1. The number of aliphatic hydroxyl groups excluding tert-OH is 2. The maximum absolute atomic E-state index is 13.1. The number of nitrogens with one attached hydrogen (secondary N) is 4. The summed E-state index contributed by atoms with van der Waals surface area (Å²) in [6.45, 7) is -1.89. The van der Waals surface area contributed by atoms with Crippen LogP contribution in [0.5, 0.6) is 0 Å². The van der Waals surface area contributed by atoms with Crippen LogP contribution >= 0.6 is 15.6 Å². The zero-order valence-corrected chi connectivity index (χ0v) is 24.9. The van der Waals surface area contributed by atoms with Gasteiger partial charge in [-0.05, 0) is 0 Å². The van der Waals surface area contributed by atoms with Gasteiger partial charge < -0.3 is 61.4 Å². The molecular formula is C20H28N10O14P2. The Morgan fingerprint density at radius 2 is 1.13 bits per heavy atom. The number of rotatable bonds is 2. The molecule has 0 saturated carbocycles. The number of phosphoric ester groups is 2. The molecule has 7 rings (SSSR count). The molecule has 2 unspecified atom stereocenters. The van der Waals surface area contributed by atoms with Gasteiger partial charge in [-0.1, -0.05) is 0 Å². The fraction of sp³-hybridized carbons (Fsp3) is 0.600. The fourth-order valence-corrected chi connectivity index (χ4v) is 7.71. The van der Waals surface area contributed by atoms with Gasteiger partial charge >= 0.3 is 15.6 Å². The quantitative estimate of drug-likeness (QED) is 0.135. The number of aromatic nitrogens is 4. The first-order valence-electron chi connectivity index (χ1n) is 13.5. The first-order valence-corrected chi connectivity index (χ1v) is 16.5. The number of hydrogen-bond donors (Lipinski definition) is 10. The monoisotopic (exact) mass is 694 g/mol. The van der Waals surface area contributed by atoms with Gasteiger partial charge in [0.15, 0.2) is 24.1 Å². The molecule has 0 spiro atoms. The lowest BCUT2D eigenvalue weighted by Gasteiger charge is -2.28. The predicted molar refractivity (Wildman–Crippen MR) is 151 cm³/mol. The Hall–Kier alpha value is -3.38. The second-order valence-corrected chi connectivity index (χ2v) is 13.5. The summed E-state index contributed by atoms with van der Waals surface area (Å²) in [4.78, 5) is 61.1. The van der Waals surface area contributed by atoms with Crippen LogP contribution in [0.4, 0.5) is 34.9 Å². The molecule has 2 aromatic rings. The summed E-state index contributed by atoms with van der Waals surface area (Å²) in [7, 11) is -10.1. The number of aliphatic hydroxyl groups is 2. The van der Waals surface area contributed by atoms with E-state index >= 15 is 0 Å². The van der Waals surface area contributed by atoms with E-state index in [9.17, 15) is 38.7 Å². The van der Waals surface area contributed by atoms with Crippen molar-refractivity contribution in [2.45, 2.75) is 49.1 Å². The van der Waals surface area contributed by atoms with Crippen molar-refractivity contribution in [2.75, 3.05) is 58.5 Å². The van der Waals surface area contributed by atoms with Crippen LogP contribution in [0.3, 0.4) is 0 Å². The maximum Gasteiger partial charge on any atom is 0.472 e. The molecule has 12 N–H and O–H groups in total. The normalized spacial score (nSPS) is 39.0. The Balaban J connectivity index is 1.13. The summed E-state index contributed by atoms with van der Waals surface area (Å²) < 4.78 is 58.6. The molecule has 24 nitrogen and oxygen atoms in total. The van der Waals surface area contributed by atoms with Crippen molar-refractivity contribution in [1.29, 1.82) is 0 Å². The first kappa shape index (κ1) is 31.2. The number of nitrogens with zero attached hydrogens (tertiary/aromatic N) is 4. The van der Waals surface area contributed by atoms with Crippen LogP contribution in [0.2, 0.25) is 0 Å². The Morgan fingerprint density at radius 1 is 0.739 bits per heavy atom. The Morgan fingerprint density at radius 3 is 1.52 bits per heavy atom. The second-order valence-electron chi connectivity index (χ2n) is 10.7. The van der Waals surface area contributed by atoms with Crippen LogP contribution in [0.15, 0.2) is 9.59 Å². The van der Waals surface area contributed by atoms with E-state index in [0.29, 0.717) is 0 Å². The summed E-state index contributed by atoms with van der Waals surface area (Å²) in [6.07, 6.45) is -12.6. The minimum absolute atomic E-state index is 0.00466. The van der Waals surface area contributed by atoms with E-state index < -0.39 is 89.1 Å². The van der Waals surface area contributed by atoms with Gasteiger partial charge in [0, 0.05) is 0 Å². The standard InChI is InChI=1S/C20H28N10O14P2/c21-19-25-13-7(15(33)27-19)23-3-29(13)17-9(31)11-5(41-17)1-39-45(35,36)44-12-6(2-40-46(37,38)43-11)42-18(10(12)32)30-4-24-8-14(30)26-20(22)28-16(8)34/h5-6,9-12,17-18,23-24,31-32H,1-4H2,(H,35,36)(H,37,38)(H3,21,25,27,33)(H3,22,26,28,34)/t5-,6-,9-,10-,11-,12-,17-,18-/m1/s1. The summed E-state index contributed by atoms with van der Waals surface area (Å²) >= 11 is 0. The van der Waals surface area contributed by atoms with Crippen LogP contribution < -0.4 is 43.0 Å². The number of nitrogen functional groups attached to an aromatic ring is 2. The molecule has 2 aromatic heterocycles. The SMILES string of the molecule is Nc1nc2c(c(=O)[nH]1)NCN2[C@@H]1O[C@@H]2COP(=O)(O)O[C@H]3[C@@H](O)[C@H](N4CNc5c4nc(N)[nH]c5=O)O[C@@H]3COP(=O)(O)O[C@H]2[C@H]1O. The number of hydrogen-bond acceptors (Lipinski definition) is 20. The summed E-state index contributed by atoms with van der Waals surface area (Å²) in [5.74, 6) is -0.483. The third-order valence-electron chi connectivity index (χ3n) is 7.78. The van der Waals surface area contributed by atoms with Gasteiger partial charge in [-0.15, -0.1) is 0 Å². The molecule has 0 aromatic carbocycles. The third kappa shape index (κ3) is 5.40. The van der Waals surface area contributed by atoms with Crippen LogP contribution in [-0.2, 0) is 36.7 Å². The van der Waals surface area contributed by atoms with Gasteiger partial charge in [0.2, 0.25) is 11.9 Å². The molecule has 0 bridgehead atoms. The topological polar surface area (TPSA) is 345 Å². The van der Waals surface area contributed by atoms with E-state index in [-0.39, 0.29) is 48.2 Å². The number of nitrogens with two attached hydrogens (primary N) is 2. The van der Waals surface area contributed by atoms with Crippen LogP contribution in [0.25, 0.3) is 0 Å². The minimum atomic E-state index is -5.07. The number of aromatic amines is 2. The highest BCUT2D eigenvalue weighted by Crippen LogP contribution is 2.53. The Bertz CT molecular complexity index is 1640. The molecule has 0 radical (unpaired) electrons. The van der Waals surface area contributed by atoms with Crippen molar-refractivity contribution in [3.8, 4) is 0 Å². The molecule has 46 heavy (non-hydrogen) atoms. The van der Waals surface area contributed by atoms with E-state index in [1.54, 1.807) is 0 Å². The number of anilines is 6. The lowest BCUT2D eigenvalue weighted by atomic mass is 10.1. The molecule has 3 saturated heterocycles. The van der Waals surface area contributed by atoms with Gasteiger partial charge in [0.1, 0.15) is 48.0 Å². The van der Waals surface area contributed by atoms with E-state index in [1.165, 1.54) is 9.80 Å². The molecule has 0 aliphatic carbocycles. The van der Waals surface area contributed by atoms with E-state index in [2.05, 4.69) is 30.6 Å². The predicted octanol–water partition coefficient (Wildman–Crippen LogP) is -3.71. The first-order chi connectivity index (χ1) is 21.7. The van der Waals surface area contributed by atoms with Crippen molar-refractivity contribution < 1.29 is 56.7 Å². The number of fused-ring (bicyclic) bond motifs is 4. The maximum atomic E-state index is 13.1. The average Bonchev–Trinajstić information content (AvgIpc) is 3.72. The van der Waals surface area contributed by atoms with Crippen LogP contribution in [0.1, 0.15) is 0 Å². The van der Waals surface area contributed by atoms with E-state index in [1.807, 2.05) is 0 Å². The highest BCUT2D eigenvalue weighted by Gasteiger charge is 2.56. The molecule has 26 heteroatoms. The summed E-state index contributed by atoms with van der Waals surface area (Å²) in [5, 5.41) is 27.9. The largest absolute Gasteiger partial charge is 0.472 e. The van der Waals surface area contributed by atoms with Gasteiger partial charge in [-0.2, -0.15) is 9.97 Å². The van der Waals surface area contributed by atoms with Gasteiger partial charge in [-0.25, -0.2) is 9.13 Å². The lowest BCUT2D eigenvalue weighted by Crippen LogP contribution is -2.45. The number of phosphoric acid groups is 2. The van der Waals surface area contributed by atoms with Crippen molar-refractivity contribution in [2.24, 2.45) is 0 Å². The molecule has 7 heterocycles. The Kier molecular flexibility index (Phi) is 7.54. The van der Waals surface area contributed by atoms with Crippen LogP contribution in [0, 0.1) is 0 Å². The Labute approximate surface area is 255 Å². The van der Waals surface area contributed by atoms with Crippen LogP contribution in [-0.4, -0.2) is 116 Å². The number of H-pyrrole nitrogens is 2. The molecule has 3 fully saturated rings. The molecule has 252 valence electrons. The molecular weight excluding hydrogens is 666 g/mol. The zero-order valence-electron chi connectivity index (χ0n) is 23.2. The molecule has 0 amide bonds. The van der Waals surface area contributed by atoms with Crippen molar-refractivity contribution in [3.63, 3.8) is 0 Å². The molecule has 5 aliphatic rings. The highest BCUT2D eigenvalue weighted by molar-refractivity contribution is 7.47. The summed E-state index contributed by atoms with van der Waals surface area (Å²) in [5.41, 5.74) is 10.1. The van der Waals surface area contributed by atoms with Crippen molar-refractivity contribution in [1.82, 2.24) is 19.9 Å². The highest BCUT2D eigenvalue weighted by atomic mass is 31.2. The average molecular weight is 694 g/mol. The third-order valence-corrected chi connectivity index (χ3v) is 9.75. The van der Waals surface area contributed by atoms with Gasteiger partial charge in [0.05, 0.1) is 26.6 Å². The number of ether oxygens (including phenoxy) is 2. The van der Waals surface area contributed by atoms with E-state index in [0.717, 1.165) is 0 Å². The smallest absolute Gasteiger partial charge is 0.386 e. The van der Waals surface area contributed by atoms with Gasteiger partial charge in [0.25, 0.3) is 11.1 Å². The lowest BCUT2D eigenvalue weighted by molar-refractivity contribution is -0.0540. The minimum Gasteiger partial charge on any atom is -0.386 e. The van der Waals surface area contributed by atoms with E-state index in [4.69, 9.17) is 39.0 Å². The van der Waals surface area contributed by atoms with Gasteiger partial charge in [-0.3, -0.25) is 37.7 Å². The zero-order chi connectivity index (χ0) is 32.7. The molecule has 10 atom stereocenters. The fourth-order valence-electron chi connectivity index (χ4n) is 5.78. The van der Waals surface area contributed by atoms with Crippen molar-refractivity contribution in [3.05, 3.63) is 20.7 Å². The molecule has 5 aliphatic heterocycles. The van der Waals surface area contributed by atoms with Crippen molar-refractivity contribution >= 4 is 50.6 Å².